The summed E-state index contributed by atoms with van der Waals surface area (Å²) in [5.41, 5.74) is -0.445. The van der Waals surface area contributed by atoms with Crippen molar-refractivity contribution in [2.24, 2.45) is 5.92 Å². The van der Waals surface area contributed by atoms with E-state index in [0.717, 1.165) is 16.4 Å². The van der Waals surface area contributed by atoms with Crippen molar-refractivity contribution in [2.75, 3.05) is 16.2 Å². The fourth-order valence-corrected chi connectivity index (χ4v) is 4.42. The molecule has 1 aliphatic rings. The number of anilines is 2. The fraction of sp³-hybridized carbons (Fsp3) is 0.294. The number of pyridine rings is 1. The minimum atomic E-state index is -4.57. The third-order valence-electron chi connectivity index (χ3n) is 4.15. The number of benzene rings is 1. The number of carbonyl (C=O) groups is 1. The van der Waals surface area contributed by atoms with Gasteiger partial charge in [0.15, 0.2) is 0 Å². The van der Waals surface area contributed by atoms with Gasteiger partial charge in [0.25, 0.3) is 0 Å². The molecule has 1 aromatic carbocycles. The molecule has 144 valence electrons. The van der Waals surface area contributed by atoms with E-state index in [-0.39, 0.29) is 29.4 Å². The second-order valence-corrected chi connectivity index (χ2v) is 8.16. The van der Waals surface area contributed by atoms with Crippen LogP contribution in [0.2, 0.25) is 0 Å². The summed E-state index contributed by atoms with van der Waals surface area (Å²) in [6, 6.07) is 5.65. The van der Waals surface area contributed by atoms with Crippen molar-refractivity contribution in [2.45, 2.75) is 18.9 Å². The van der Waals surface area contributed by atoms with Crippen LogP contribution in [0.5, 0.6) is 0 Å². The maximum atomic E-state index is 13.0. The molecule has 1 unspecified atom stereocenters. The van der Waals surface area contributed by atoms with Crippen molar-refractivity contribution in [1.82, 2.24) is 4.98 Å². The van der Waals surface area contributed by atoms with E-state index in [9.17, 15) is 26.4 Å². The number of hydrogen-bond acceptors (Lipinski definition) is 4. The summed E-state index contributed by atoms with van der Waals surface area (Å²) in [6.45, 7) is 1.44. The van der Waals surface area contributed by atoms with Gasteiger partial charge in [0.2, 0.25) is 15.9 Å². The van der Waals surface area contributed by atoms with Gasteiger partial charge in [0.05, 0.1) is 34.8 Å². The first-order valence-electron chi connectivity index (χ1n) is 7.99. The number of hydrogen-bond donors (Lipinski definition) is 1. The number of sulfonamides is 1. The van der Waals surface area contributed by atoms with E-state index in [4.69, 9.17) is 0 Å². The van der Waals surface area contributed by atoms with Gasteiger partial charge in [-0.1, -0.05) is 25.1 Å². The van der Waals surface area contributed by atoms with Crippen molar-refractivity contribution < 1.29 is 26.4 Å². The Morgan fingerprint density at radius 2 is 2.04 bits per heavy atom. The molecule has 1 aromatic heterocycles. The van der Waals surface area contributed by atoms with Gasteiger partial charge in [-0.25, -0.2) is 8.42 Å². The van der Waals surface area contributed by atoms with E-state index in [1.54, 1.807) is 6.92 Å². The van der Waals surface area contributed by atoms with Gasteiger partial charge in [-0.2, -0.15) is 13.2 Å². The molecule has 0 radical (unpaired) electrons. The lowest BCUT2D eigenvalue weighted by Crippen LogP contribution is -2.36. The maximum absolute atomic E-state index is 13.0. The molecule has 0 bridgehead atoms. The molecule has 2 heterocycles. The van der Waals surface area contributed by atoms with E-state index in [2.05, 4.69) is 10.3 Å². The number of amides is 1. The van der Waals surface area contributed by atoms with Crippen LogP contribution < -0.4 is 9.62 Å². The minimum absolute atomic E-state index is 0.00597. The third kappa shape index (κ3) is 4.05. The summed E-state index contributed by atoms with van der Waals surface area (Å²) in [7, 11) is -4.06. The van der Waals surface area contributed by atoms with Gasteiger partial charge in [-0.3, -0.25) is 14.1 Å². The quantitative estimate of drug-likeness (QED) is 0.861. The number of nitrogens with one attached hydrogen (secondary N) is 1. The molecular formula is C17H16F3N3O3S. The van der Waals surface area contributed by atoms with Crippen LogP contribution in [-0.2, 0) is 26.7 Å². The number of aromatic nitrogens is 1. The molecule has 3 rings (SSSR count). The molecule has 0 aliphatic carbocycles. The van der Waals surface area contributed by atoms with Crippen molar-refractivity contribution in [3.8, 4) is 0 Å². The summed E-state index contributed by atoms with van der Waals surface area (Å²) in [4.78, 5) is 16.0. The molecule has 6 nitrogen and oxygen atoms in total. The van der Waals surface area contributed by atoms with E-state index in [1.165, 1.54) is 30.6 Å². The first kappa shape index (κ1) is 19.2. The van der Waals surface area contributed by atoms with Crippen LogP contribution in [0.15, 0.2) is 42.7 Å². The Kier molecular flexibility index (Phi) is 4.85. The highest BCUT2D eigenvalue weighted by molar-refractivity contribution is 7.92. The van der Waals surface area contributed by atoms with Crippen LogP contribution in [0, 0.1) is 5.92 Å². The van der Waals surface area contributed by atoms with Crippen LogP contribution in [0.3, 0.4) is 0 Å². The standard InChI is InChI=1S/C17H16F3N3O3S/c1-11-9-23(15-8-21-6-5-14(15)22-16(11)24)27(25,26)10-12-3-2-4-13(7-12)17(18,19)20/h2-8,11H,9-10H2,1H3,(H,22,24). The van der Waals surface area contributed by atoms with E-state index in [0.29, 0.717) is 0 Å². The van der Waals surface area contributed by atoms with E-state index < -0.39 is 33.4 Å². The predicted octanol–water partition coefficient (Wildman–Crippen LogP) is 3.03. The molecule has 27 heavy (non-hydrogen) atoms. The first-order chi connectivity index (χ1) is 12.6. The number of fused-ring (bicyclic) bond motifs is 1. The lowest BCUT2D eigenvalue weighted by molar-refractivity contribution is -0.137. The molecule has 0 saturated carbocycles. The summed E-state index contributed by atoms with van der Waals surface area (Å²) in [5, 5.41) is 2.63. The molecule has 1 amide bonds. The lowest BCUT2D eigenvalue weighted by atomic mass is 10.1. The van der Waals surface area contributed by atoms with Gasteiger partial charge >= 0.3 is 6.18 Å². The summed E-state index contributed by atoms with van der Waals surface area (Å²) in [6.07, 6.45) is -1.85. The normalized spacial score (nSPS) is 17.9. The Hall–Kier alpha value is -2.62. The summed E-state index contributed by atoms with van der Waals surface area (Å²) in [5.74, 6) is -1.63. The van der Waals surface area contributed by atoms with Gasteiger partial charge in [-0.05, 0) is 17.7 Å². The Balaban J connectivity index is 1.98. The molecule has 1 aliphatic heterocycles. The van der Waals surface area contributed by atoms with Crippen LogP contribution in [0.25, 0.3) is 0 Å². The highest BCUT2D eigenvalue weighted by Crippen LogP contribution is 2.33. The molecular weight excluding hydrogens is 383 g/mol. The zero-order valence-corrected chi connectivity index (χ0v) is 15.0. The highest BCUT2D eigenvalue weighted by atomic mass is 32.2. The molecule has 2 aromatic rings. The predicted molar refractivity (Wildman–Crippen MR) is 93.4 cm³/mol. The number of carbonyl (C=O) groups excluding carboxylic acids is 1. The molecule has 10 heteroatoms. The summed E-state index contributed by atoms with van der Waals surface area (Å²) < 4.78 is 65.6. The number of alkyl halides is 3. The van der Waals surface area contributed by atoms with Crippen molar-refractivity contribution in [3.05, 3.63) is 53.9 Å². The maximum Gasteiger partial charge on any atom is 0.416 e. The summed E-state index contributed by atoms with van der Waals surface area (Å²) >= 11 is 0. The van der Waals surface area contributed by atoms with Gasteiger partial charge in [0, 0.05) is 12.7 Å². The van der Waals surface area contributed by atoms with Crippen LogP contribution >= 0.6 is 0 Å². The second-order valence-electron chi connectivity index (χ2n) is 6.27. The minimum Gasteiger partial charge on any atom is -0.324 e. The number of nitrogens with zero attached hydrogens (tertiary/aromatic N) is 2. The van der Waals surface area contributed by atoms with Crippen molar-refractivity contribution in [1.29, 1.82) is 0 Å². The second kappa shape index (κ2) is 6.84. The number of halogens is 3. The van der Waals surface area contributed by atoms with Gasteiger partial charge < -0.3 is 5.32 Å². The Morgan fingerprint density at radius 3 is 2.74 bits per heavy atom. The van der Waals surface area contributed by atoms with E-state index >= 15 is 0 Å². The zero-order valence-electron chi connectivity index (χ0n) is 14.2. The monoisotopic (exact) mass is 399 g/mol. The van der Waals surface area contributed by atoms with Crippen LogP contribution in [0.1, 0.15) is 18.1 Å². The topological polar surface area (TPSA) is 79.4 Å². The Morgan fingerprint density at radius 1 is 1.30 bits per heavy atom. The molecule has 0 fully saturated rings. The third-order valence-corrected chi connectivity index (χ3v) is 5.87. The number of rotatable bonds is 3. The average Bonchev–Trinajstić information content (AvgIpc) is 2.71. The van der Waals surface area contributed by atoms with E-state index in [1.807, 2.05) is 0 Å². The van der Waals surface area contributed by atoms with Crippen LogP contribution in [0.4, 0.5) is 24.5 Å². The average molecular weight is 399 g/mol. The van der Waals surface area contributed by atoms with Crippen LogP contribution in [-0.4, -0.2) is 25.9 Å². The lowest BCUT2D eigenvalue weighted by Gasteiger charge is -2.25. The molecule has 0 spiro atoms. The SMILES string of the molecule is CC1CN(S(=O)(=O)Cc2cccc(C(F)(F)F)c2)c2cnccc2NC1=O. The Bertz CT molecular complexity index is 977. The Labute approximate surface area is 154 Å². The van der Waals surface area contributed by atoms with Gasteiger partial charge in [-0.15, -0.1) is 0 Å². The molecule has 1 N–H and O–H groups in total. The largest absolute Gasteiger partial charge is 0.416 e. The zero-order chi connectivity index (χ0) is 19.8. The van der Waals surface area contributed by atoms with Crippen molar-refractivity contribution in [3.63, 3.8) is 0 Å². The fourth-order valence-electron chi connectivity index (χ4n) is 2.77. The molecule has 1 atom stereocenters. The first-order valence-corrected chi connectivity index (χ1v) is 9.60. The van der Waals surface area contributed by atoms with Gasteiger partial charge in [0.1, 0.15) is 0 Å². The highest BCUT2D eigenvalue weighted by Gasteiger charge is 2.34. The smallest absolute Gasteiger partial charge is 0.324 e. The van der Waals surface area contributed by atoms with Crippen molar-refractivity contribution >= 4 is 27.3 Å². The molecule has 0 saturated heterocycles.